The second-order valence-corrected chi connectivity index (χ2v) is 23.1. The monoisotopic (exact) mass is 1240 g/mol. The van der Waals surface area contributed by atoms with E-state index >= 15 is 13.2 Å². The minimum atomic E-state index is -4.81. The van der Waals surface area contributed by atoms with E-state index in [0.29, 0.717) is 53.3 Å². The molecule has 3 aromatic heterocycles. The zero-order chi connectivity index (χ0) is 64.2. The Labute approximate surface area is 524 Å². The number of urea groups is 1. The van der Waals surface area contributed by atoms with Crippen molar-refractivity contribution >= 4 is 79.7 Å². The van der Waals surface area contributed by atoms with Crippen LogP contribution in [0.4, 0.5) is 29.3 Å². The van der Waals surface area contributed by atoms with Crippen LogP contribution in [0.1, 0.15) is 81.0 Å². The molecular formula is C69H71F3N12O7. The molecule has 10 rings (SSSR count). The Hall–Kier alpha value is -10.1. The van der Waals surface area contributed by atoms with Crippen LogP contribution in [0.25, 0.3) is 49.5 Å². The second kappa shape index (κ2) is 29.0. The summed E-state index contributed by atoms with van der Waals surface area (Å²) in [6.07, 6.45) is 0.868. The fraction of sp³-hybridized carbons (Fsp3) is 0.319. The van der Waals surface area contributed by atoms with Crippen molar-refractivity contribution < 1.29 is 41.9 Å². The van der Waals surface area contributed by atoms with Gasteiger partial charge in [-0.15, -0.1) is 0 Å². The maximum atomic E-state index is 15.2. The van der Waals surface area contributed by atoms with E-state index in [1.165, 1.54) is 22.8 Å². The fourth-order valence-corrected chi connectivity index (χ4v) is 11.6. The van der Waals surface area contributed by atoms with Crippen molar-refractivity contribution in [2.75, 3.05) is 62.2 Å². The van der Waals surface area contributed by atoms with Gasteiger partial charge < -0.3 is 42.1 Å². The number of primary amides is 1. The molecule has 7 amide bonds. The van der Waals surface area contributed by atoms with Gasteiger partial charge in [-0.05, 0) is 109 Å². The number of pyridine rings is 3. The molecule has 0 bridgehead atoms. The van der Waals surface area contributed by atoms with Crippen LogP contribution in [0.5, 0.6) is 0 Å². The number of aromatic nitrogens is 3. The molecule has 8 aromatic rings. The summed E-state index contributed by atoms with van der Waals surface area (Å²) in [6.45, 7) is 4.87. The van der Waals surface area contributed by atoms with Crippen LogP contribution in [0.2, 0.25) is 0 Å². The van der Waals surface area contributed by atoms with E-state index in [9.17, 15) is 33.6 Å². The fourth-order valence-electron chi connectivity index (χ4n) is 11.6. The van der Waals surface area contributed by atoms with E-state index in [1.807, 2.05) is 97.1 Å². The third-order valence-electron chi connectivity index (χ3n) is 16.3. The van der Waals surface area contributed by atoms with Crippen LogP contribution in [0, 0.1) is 17.8 Å². The van der Waals surface area contributed by atoms with Gasteiger partial charge in [0.1, 0.15) is 12.1 Å². The molecule has 2 aliphatic heterocycles. The van der Waals surface area contributed by atoms with Gasteiger partial charge in [0.2, 0.25) is 29.5 Å². The quantitative estimate of drug-likeness (QED) is 0.0203. The van der Waals surface area contributed by atoms with Gasteiger partial charge in [0, 0.05) is 116 Å². The molecule has 5 heterocycles. The Morgan fingerprint density at radius 1 is 0.637 bits per heavy atom. The molecule has 0 unspecified atom stereocenters. The van der Waals surface area contributed by atoms with Crippen molar-refractivity contribution in [3.8, 4) is 28.7 Å². The largest absolute Gasteiger partial charge is 0.418 e. The molecule has 2 atom stereocenters. The molecule has 0 radical (unpaired) electrons. The number of alkyl halides is 3. The van der Waals surface area contributed by atoms with E-state index in [-0.39, 0.29) is 101 Å². The predicted octanol–water partition coefficient (Wildman–Crippen LogP) is 8.10. The first-order valence-electron chi connectivity index (χ1n) is 30.5. The molecule has 0 saturated carbocycles. The summed E-state index contributed by atoms with van der Waals surface area (Å²) in [7, 11) is 0. The number of fused-ring (bicyclic) bond motifs is 6. The first kappa shape index (κ1) is 63.9. The minimum Gasteiger partial charge on any atom is -0.368 e. The van der Waals surface area contributed by atoms with Crippen molar-refractivity contribution in [1.82, 2.24) is 46.0 Å². The van der Waals surface area contributed by atoms with Gasteiger partial charge in [-0.3, -0.25) is 48.2 Å². The summed E-state index contributed by atoms with van der Waals surface area (Å²) in [4.78, 5) is 107. The number of para-hydroxylation sites is 2. The van der Waals surface area contributed by atoms with E-state index in [4.69, 9.17) is 5.73 Å². The molecule has 1 fully saturated rings. The van der Waals surface area contributed by atoms with Gasteiger partial charge in [-0.25, -0.2) is 4.79 Å². The highest BCUT2D eigenvalue weighted by atomic mass is 19.4. The van der Waals surface area contributed by atoms with Crippen molar-refractivity contribution in [1.29, 1.82) is 0 Å². The smallest absolute Gasteiger partial charge is 0.368 e. The normalized spacial score (nSPS) is 13.9. The van der Waals surface area contributed by atoms with Crippen molar-refractivity contribution in [2.45, 2.75) is 83.6 Å². The zero-order valence-electron chi connectivity index (χ0n) is 50.6. The molecule has 0 aliphatic carbocycles. The van der Waals surface area contributed by atoms with Crippen LogP contribution in [-0.4, -0.2) is 119 Å². The summed E-state index contributed by atoms with van der Waals surface area (Å²) in [5.74, 6) is 4.01. The van der Waals surface area contributed by atoms with Crippen LogP contribution in [0.3, 0.4) is 0 Å². The summed E-state index contributed by atoms with van der Waals surface area (Å²) in [5.41, 5.74) is 10.3. The number of unbranched alkanes of at least 4 members (excludes halogenated alkanes) is 2. The average molecular weight is 1240 g/mol. The Bertz CT molecular complexity index is 4170. The third kappa shape index (κ3) is 15.8. The number of hydrogen-bond acceptors (Lipinski definition) is 11. The van der Waals surface area contributed by atoms with Crippen LogP contribution in [0.15, 0.2) is 145 Å². The first-order valence-corrected chi connectivity index (χ1v) is 30.5. The molecule has 470 valence electrons. The number of nitrogens with one attached hydrogen (secondary N) is 5. The summed E-state index contributed by atoms with van der Waals surface area (Å²) < 4.78 is 47.0. The van der Waals surface area contributed by atoms with Gasteiger partial charge >= 0.3 is 12.2 Å². The third-order valence-corrected chi connectivity index (χ3v) is 16.3. The summed E-state index contributed by atoms with van der Waals surface area (Å²) >= 11 is 0. The van der Waals surface area contributed by atoms with Crippen LogP contribution < -0.4 is 47.7 Å². The van der Waals surface area contributed by atoms with E-state index in [1.54, 1.807) is 47.0 Å². The van der Waals surface area contributed by atoms with E-state index in [2.05, 4.69) is 48.4 Å². The number of anilines is 2. The van der Waals surface area contributed by atoms with Gasteiger partial charge in [0.05, 0.1) is 46.6 Å². The number of halogens is 3. The Morgan fingerprint density at radius 2 is 1.37 bits per heavy atom. The summed E-state index contributed by atoms with van der Waals surface area (Å²) in [5, 5.41) is 15.8. The number of rotatable bonds is 23. The van der Waals surface area contributed by atoms with Gasteiger partial charge in [0.25, 0.3) is 5.56 Å². The number of amides is 7. The van der Waals surface area contributed by atoms with Crippen molar-refractivity contribution in [3.05, 3.63) is 172 Å². The average Bonchev–Trinajstić information content (AvgIpc) is 0.784. The molecule has 91 heavy (non-hydrogen) atoms. The van der Waals surface area contributed by atoms with E-state index in [0.717, 1.165) is 44.8 Å². The lowest BCUT2D eigenvalue weighted by Gasteiger charge is -2.37. The summed E-state index contributed by atoms with van der Waals surface area (Å²) in [6, 6.07) is 34.4. The molecule has 0 spiro atoms. The highest BCUT2D eigenvalue weighted by Gasteiger charge is 2.37. The predicted molar refractivity (Wildman–Crippen MR) is 344 cm³/mol. The standard InChI is InChI=1S/C69H71F3N12O7/c1-44(2)64(67(90)79-57(18-12-31-76-68(73)91)66(89)75-30-11-3-4-20-60(85)74-32-29-62(87)83-42-50-16-6-5-13-45(50)21-22-46-14-8-10-19-58(46)83)80-61(86)43-81-33-35-82(36-34-81)59-27-25-52(39-54(59)69(70,71)72)84-63(88)28-24-49-40-78-56-26-23-47(38-53(56)65(49)84)51-37-48-15-7-9-17-55(48)77-41-51/h5-10,13-17,19,23-28,37-41,44,57,64H,3-4,11-12,18,20,29-36,42-43H2,1-2H3,(H,74,85)(H,75,89)(H,79,90)(H,80,86)(H3,73,76,91)/t57-,64-/m0/s1. The van der Waals surface area contributed by atoms with Gasteiger partial charge in [-0.1, -0.05) is 86.7 Å². The molecule has 5 aromatic carbocycles. The molecule has 2 aliphatic rings. The number of piperazine rings is 1. The first-order chi connectivity index (χ1) is 43.9. The molecular weight excluding hydrogens is 1170 g/mol. The Morgan fingerprint density at radius 3 is 2.16 bits per heavy atom. The van der Waals surface area contributed by atoms with E-state index < -0.39 is 59.1 Å². The number of benzene rings is 5. The number of hydrogen-bond donors (Lipinski definition) is 6. The number of nitrogens with zero attached hydrogens (tertiary/aromatic N) is 6. The minimum absolute atomic E-state index is 0.0211. The highest BCUT2D eigenvalue weighted by molar-refractivity contribution is 6.06. The maximum Gasteiger partial charge on any atom is 0.418 e. The zero-order valence-corrected chi connectivity index (χ0v) is 50.6. The van der Waals surface area contributed by atoms with Crippen LogP contribution >= 0.6 is 0 Å². The molecule has 7 N–H and O–H groups in total. The number of carbonyl (C=O) groups is 6. The molecule has 22 heteroatoms. The Balaban J connectivity index is 0.706. The van der Waals surface area contributed by atoms with Gasteiger partial charge in [0.15, 0.2) is 0 Å². The highest BCUT2D eigenvalue weighted by Crippen LogP contribution is 2.39. The SMILES string of the molecule is CC(C)[C@H](NC(=O)CN1CCN(c2ccc(-n3c(=O)ccc4cnc5ccc(-c6cnc7ccccc7c6)cc5c43)cc2C(F)(F)F)CC1)C(=O)N[C@@H](CCCNC(N)=O)C(=O)NCCCCCC(=O)NCCC(=O)N1Cc2ccccc2C#Cc2ccccc21. The lowest BCUT2D eigenvalue weighted by atomic mass is 10.0. The maximum absolute atomic E-state index is 15.2. The van der Waals surface area contributed by atoms with Crippen molar-refractivity contribution in [3.63, 3.8) is 0 Å². The Kier molecular flexibility index (Phi) is 20.4. The van der Waals surface area contributed by atoms with Crippen LogP contribution in [-0.2, 0) is 36.7 Å². The van der Waals surface area contributed by atoms with Gasteiger partial charge in [-0.2, -0.15) is 13.2 Å². The molecule has 19 nitrogen and oxygen atoms in total. The number of carbonyl (C=O) groups excluding carboxylic acids is 6. The molecule has 1 saturated heterocycles. The lowest BCUT2D eigenvalue weighted by molar-refractivity contribution is -0.137. The lowest BCUT2D eigenvalue weighted by Crippen LogP contribution is -2.57. The number of nitrogens with two attached hydrogens (primary N) is 1. The van der Waals surface area contributed by atoms with Crippen molar-refractivity contribution in [2.24, 2.45) is 11.7 Å². The second-order valence-electron chi connectivity index (χ2n) is 23.1. The topological polar surface area (TPSA) is 246 Å².